The monoisotopic (exact) mass is 530 g/mol. The van der Waals surface area contributed by atoms with E-state index in [1.54, 1.807) is 0 Å². The molecule has 2 saturated carbocycles. The Kier molecular flexibility index (Phi) is 7.78. The molecule has 2 heterocycles. The maximum absolute atomic E-state index is 13.4. The molecule has 6 rings (SSSR count). The molecular weight excluding hydrogens is 488 g/mol. The van der Waals surface area contributed by atoms with Crippen LogP contribution in [0.15, 0.2) is 54.6 Å². The van der Waals surface area contributed by atoms with E-state index in [9.17, 15) is 9.59 Å². The van der Waals surface area contributed by atoms with Crippen molar-refractivity contribution >= 4 is 23.5 Å². The van der Waals surface area contributed by atoms with Crippen LogP contribution in [-0.2, 0) is 10.2 Å². The summed E-state index contributed by atoms with van der Waals surface area (Å²) in [5.74, 6) is 0. The van der Waals surface area contributed by atoms with Crippen LogP contribution in [0.1, 0.15) is 76.2 Å². The fourth-order valence-electron chi connectivity index (χ4n) is 7.46. The highest BCUT2D eigenvalue weighted by molar-refractivity contribution is 5.95. The molecule has 2 aromatic rings. The van der Waals surface area contributed by atoms with Gasteiger partial charge in [0.1, 0.15) is 6.10 Å². The number of urea groups is 1. The molecule has 2 aliphatic carbocycles. The number of carbonyl (C=O) groups is 2. The number of nitrogens with zero attached hydrogens (tertiary/aromatic N) is 2. The van der Waals surface area contributed by atoms with E-state index in [1.807, 2.05) is 35.2 Å². The number of likely N-dealkylation sites (tertiary alicyclic amines) is 1. The highest BCUT2D eigenvalue weighted by Crippen LogP contribution is 2.47. The van der Waals surface area contributed by atoms with E-state index in [0.717, 1.165) is 76.0 Å². The van der Waals surface area contributed by atoms with Crippen LogP contribution in [0, 0.1) is 0 Å². The summed E-state index contributed by atoms with van der Waals surface area (Å²) in [5.41, 5.74) is 3.15. The molecule has 2 unspecified atom stereocenters. The molecule has 2 N–H and O–H groups in total. The lowest BCUT2D eigenvalue weighted by Gasteiger charge is -2.46. The van der Waals surface area contributed by atoms with E-state index >= 15 is 0 Å². The average molecular weight is 531 g/mol. The smallest absolute Gasteiger partial charge is 0.411 e. The number of carbonyl (C=O) groups excluding carboxylic acids is 2. The predicted molar refractivity (Wildman–Crippen MR) is 154 cm³/mol. The zero-order chi connectivity index (χ0) is 26.7. The third-order valence-corrected chi connectivity index (χ3v) is 9.58. The van der Waals surface area contributed by atoms with Gasteiger partial charge in [0.15, 0.2) is 0 Å². The molecule has 7 nitrogen and oxygen atoms in total. The Labute approximate surface area is 232 Å². The first kappa shape index (κ1) is 26.2. The lowest BCUT2D eigenvalue weighted by Crippen LogP contribution is -2.54. The fourth-order valence-corrected chi connectivity index (χ4v) is 7.46. The average Bonchev–Trinajstić information content (AvgIpc) is 3.29. The Morgan fingerprint density at radius 3 is 2.31 bits per heavy atom. The molecule has 2 aromatic carbocycles. The lowest BCUT2D eigenvalue weighted by atomic mass is 9.73. The number of hydrogen-bond donors (Lipinski definition) is 2. The second-order valence-electron chi connectivity index (χ2n) is 12.0. The van der Waals surface area contributed by atoms with Crippen LogP contribution < -0.4 is 15.5 Å². The van der Waals surface area contributed by atoms with Gasteiger partial charge in [0.05, 0.1) is 0 Å². The van der Waals surface area contributed by atoms with E-state index in [0.29, 0.717) is 6.04 Å². The number of rotatable bonds is 4. The number of anilines is 2. The van der Waals surface area contributed by atoms with Gasteiger partial charge in [0, 0.05) is 35.4 Å². The SMILES string of the molecule is O=C(Nc1ccccc1)OC1CCCCC1N1CCC2(CC1)CN(C(=O)NC1CCCCC1)c1ccccc12. The first-order valence-electron chi connectivity index (χ1n) is 15.1. The van der Waals surface area contributed by atoms with Gasteiger partial charge in [-0.25, -0.2) is 9.59 Å². The minimum absolute atomic E-state index is 0.00724. The van der Waals surface area contributed by atoms with Crippen molar-refractivity contribution in [3.05, 3.63) is 60.2 Å². The number of para-hydroxylation sites is 2. The van der Waals surface area contributed by atoms with Crippen LogP contribution in [-0.4, -0.2) is 54.8 Å². The predicted octanol–water partition coefficient (Wildman–Crippen LogP) is 6.44. The topological polar surface area (TPSA) is 73.9 Å². The molecule has 208 valence electrons. The van der Waals surface area contributed by atoms with Gasteiger partial charge in [-0.2, -0.15) is 0 Å². The van der Waals surface area contributed by atoms with E-state index in [4.69, 9.17) is 4.74 Å². The number of amides is 3. The van der Waals surface area contributed by atoms with Gasteiger partial charge >= 0.3 is 12.1 Å². The molecule has 1 spiro atoms. The number of nitrogens with one attached hydrogen (secondary N) is 2. The van der Waals surface area contributed by atoms with Crippen LogP contribution in [0.2, 0.25) is 0 Å². The molecule has 39 heavy (non-hydrogen) atoms. The maximum atomic E-state index is 13.4. The highest BCUT2D eigenvalue weighted by Gasteiger charge is 2.48. The fraction of sp³-hybridized carbons (Fsp3) is 0.562. The largest absolute Gasteiger partial charge is 0.444 e. The van der Waals surface area contributed by atoms with Gasteiger partial charge < -0.3 is 10.1 Å². The summed E-state index contributed by atoms with van der Waals surface area (Å²) in [7, 11) is 0. The Morgan fingerprint density at radius 1 is 0.821 bits per heavy atom. The summed E-state index contributed by atoms with van der Waals surface area (Å²) in [5, 5.41) is 6.23. The quantitative estimate of drug-likeness (QED) is 0.477. The minimum Gasteiger partial charge on any atom is -0.444 e. The van der Waals surface area contributed by atoms with Gasteiger partial charge in [-0.15, -0.1) is 0 Å². The van der Waals surface area contributed by atoms with E-state index in [2.05, 4.69) is 39.8 Å². The maximum Gasteiger partial charge on any atom is 0.411 e. The van der Waals surface area contributed by atoms with Gasteiger partial charge in [-0.05, 0) is 81.8 Å². The summed E-state index contributed by atoms with van der Waals surface area (Å²) in [6.45, 7) is 2.66. The van der Waals surface area contributed by atoms with E-state index in [-0.39, 0.29) is 29.7 Å². The van der Waals surface area contributed by atoms with Crippen molar-refractivity contribution in [1.29, 1.82) is 0 Å². The van der Waals surface area contributed by atoms with Crippen molar-refractivity contribution in [1.82, 2.24) is 10.2 Å². The van der Waals surface area contributed by atoms with Crippen molar-refractivity contribution in [2.75, 3.05) is 29.9 Å². The van der Waals surface area contributed by atoms with E-state index in [1.165, 1.54) is 31.2 Å². The number of piperidine rings is 1. The molecule has 0 bridgehead atoms. The van der Waals surface area contributed by atoms with Crippen molar-refractivity contribution in [3.8, 4) is 0 Å². The van der Waals surface area contributed by atoms with Gasteiger partial charge in [-0.1, -0.05) is 62.1 Å². The van der Waals surface area contributed by atoms with Crippen LogP contribution in [0.25, 0.3) is 0 Å². The Balaban J connectivity index is 1.10. The zero-order valence-corrected chi connectivity index (χ0v) is 22.9. The molecule has 4 aliphatic rings. The number of fused-ring (bicyclic) bond motifs is 2. The second-order valence-corrected chi connectivity index (χ2v) is 12.0. The zero-order valence-electron chi connectivity index (χ0n) is 22.9. The number of hydrogen-bond acceptors (Lipinski definition) is 4. The van der Waals surface area contributed by atoms with Gasteiger partial charge in [0.2, 0.25) is 0 Å². The van der Waals surface area contributed by atoms with Crippen LogP contribution >= 0.6 is 0 Å². The Morgan fingerprint density at radius 2 is 1.51 bits per heavy atom. The lowest BCUT2D eigenvalue weighted by molar-refractivity contribution is -0.00660. The highest BCUT2D eigenvalue weighted by atomic mass is 16.6. The minimum atomic E-state index is -0.365. The third kappa shape index (κ3) is 5.65. The summed E-state index contributed by atoms with van der Waals surface area (Å²) < 4.78 is 6.00. The first-order chi connectivity index (χ1) is 19.1. The second kappa shape index (κ2) is 11.6. The Hall–Kier alpha value is -3.06. The summed E-state index contributed by atoms with van der Waals surface area (Å²) in [6, 6.07) is 18.6. The molecule has 2 aliphatic heterocycles. The Bertz CT molecular complexity index is 1140. The van der Waals surface area contributed by atoms with Crippen LogP contribution in [0.3, 0.4) is 0 Å². The molecule has 0 radical (unpaired) electrons. The third-order valence-electron chi connectivity index (χ3n) is 9.58. The molecular formula is C32H42N4O3. The molecule has 3 fully saturated rings. The van der Waals surface area contributed by atoms with Crippen LogP contribution in [0.4, 0.5) is 21.0 Å². The molecule has 7 heteroatoms. The standard InChI is InChI=1S/C32H42N4O3/c37-30(33-24-11-3-1-4-12-24)36-23-32(26-15-7-8-16-27(26)36)19-21-35(22-20-32)28-17-9-10-18-29(28)39-31(38)34-25-13-5-2-6-14-25/h2,5-8,13-16,24,28-29H,1,3-4,9-12,17-23H2,(H,33,37)(H,34,38). The van der Waals surface area contributed by atoms with Crippen molar-refractivity contribution in [2.24, 2.45) is 0 Å². The summed E-state index contributed by atoms with van der Waals surface area (Å²) in [6.07, 6.45) is 11.7. The van der Waals surface area contributed by atoms with E-state index < -0.39 is 0 Å². The van der Waals surface area contributed by atoms with Gasteiger partial charge in [0.25, 0.3) is 0 Å². The van der Waals surface area contributed by atoms with Crippen molar-refractivity contribution in [3.63, 3.8) is 0 Å². The molecule has 1 saturated heterocycles. The summed E-state index contributed by atoms with van der Waals surface area (Å²) >= 11 is 0. The van der Waals surface area contributed by atoms with Crippen molar-refractivity contribution in [2.45, 2.75) is 94.2 Å². The first-order valence-corrected chi connectivity index (χ1v) is 15.1. The van der Waals surface area contributed by atoms with Gasteiger partial charge in [-0.3, -0.25) is 15.1 Å². The van der Waals surface area contributed by atoms with Crippen LogP contribution in [0.5, 0.6) is 0 Å². The molecule has 3 amide bonds. The number of ether oxygens (including phenoxy) is 1. The molecule has 2 atom stereocenters. The summed E-state index contributed by atoms with van der Waals surface area (Å²) in [4.78, 5) is 30.7. The number of benzene rings is 2. The normalized spacial score (nSPS) is 25.2. The molecule has 0 aromatic heterocycles. The van der Waals surface area contributed by atoms with Crippen molar-refractivity contribution < 1.29 is 14.3 Å².